The zero-order chi connectivity index (χ0) is 15.3. The predicted octanol–water partition coefficient (Wildman–Crippen LogP) is 1.44. The van der Waals surface area contributed by atoms with E-state index in [1.165, 1.54) is 13.8 Å². The standard InChI is InChI=1S/C13H20N4O3/c1-5-8-9(6-2)16-17-12(14-8)15-10(18)7-13(3,4)11(19)20/h5-7H2,1-4H3,(H,19,20)(H,14,15,17,18). The van der Waals surface area contributed by atoms with Crippen LogP contribution in [0.2, 0.25) is 0 Å². The molecule has 1 amide bonds. The van der Waals surface area contributed by atoms with Crippen molar-refractivity contribution in [2.45, 2.75) is 47.0 Å². The van der Waals surface area contributed by atoms with Gasteiger partial charge in [0.25, 0.3) is 0 Å². The maximum atomic E-state index is 11.8. The molecular formula is C13H20N4O3. The van der Waals surface area contributed by atoms with Crippen molar-refractivity contribution in [2.75, 3.05) is 5.32 Å². The van der Waals surface area contributed by atoms with Crippen LogP contribution in [0.1, 0.15) is 45.5 Å². The summed E-state index contributed by atoms with van der Waals surface area (Å²) in [6.45, 7) is 6.89. The van der Waals surface area contributed by atoms with Gasteiger partial charge in [-0.3, -0.25) is 14.9 Å². The van der Waals surface area contributed by atoms with E-state index in [1.807, 2.05) is 13.8 Å². The van der Waals surface area contributed by atoms with Crippen LogP contribution in [0.4, 0.5) is 5.95 Å². The van der Waals surface area contributed by atoms with E-state index < -0.39 is 17.3 Å². The molecule has 0 aliphatic carbocycles. The number of hydrogen-bond acceptors (Lipinski definition) is 5. The van der Waals surface area contributed by atoms with Crippen LogP contribution in [-0.2, 0) is 22.4 Å². The Morgan fingerprint density at radius 1 is 1.15 bits per heavy atom. The fourth-order valence-corrected chi connectivity index (χ4v) is 1.64. The number of carbonyl (C=O) groups excluding carboxylic acids is 1. The minimum atomic E-state index is -1.13. The highest BCUT2D eigenvalue weighted by molar-refractivity contribution is 5.92. The molecule has 0 aliphatic heterocycles. The number of hydrogen-bond donors (Lipinski definition) is 2. The highest BCUT2D eigenvalue weighted by Crippen LogP contribution is 2.20. The average Bonchev–Trinajstić information content (AvgIpc) is 2.37. The number of nitrogens with one attached hydrogen (secondary N) is 1. The molecule has 0 saturated carbocycles. The monoisotopic (exact) mass is 280 g/mol. The Labute approximate surface area is 117 Å². The summed E-state index contributed by atoms with van der Waals surface area (Å²) in [7, 11) is 0. The Morgan fingerprint density at radius 2 is 1.75 bits per heavy atom. The second-order valence-corrected chi connectivity index (χ2v) is 5.15. The zero-order valence-electron chi connectivity index (χ0n) is 12.2. The van der Waals surface area contributed by atoms with E-state index in [0.29, 0.717) is 6.42 Å². The third-order valence-electron chi connectivity index (χ3n) is 2.94. The van der Waals surface area contributed by atoms with Crippen LogP contribution in [0.25, 0.3) is 0 Å². The number of carbonyl (C=O) groups is 2. The molecule has 0 atom stereocenters. The lowest BCUT2D eigenvalue weighted by Crippen LogP contribution is -2.30. The Balaban J connectivity index is 2.79. The summed E-state index contributed by atoms with van der Waals surface area (Å²) in [6.07, 6.45) is 1.27. The Morgan fingerprint density at radius 3 is 2.25 bits per heavy atom. The van der Waals surface area contributed by atoms with Crippen LogP contribution >= 0.6 is 0 Å². The van der Waals surface area contributed by atoms with Crippen molar-refractivity contribution in [3.05, 3.63) is 11.4 Å². The van der Waals surface area contributed by atoms with E-state index in [1.54, 1.807) is 0 Å². The Bertz CT molecular complexity index is 514. The van der Waals surface area contributed by atoms with Crippen molar-refractivity contribution in [2.24, 2.45) is 5.41 Å². The first-order valence-corrected chi connectivity index (χ1v) is 6.55. The number of amides is 1. The van der Waals surface area contributed by atoms with E-state index in [2.05, 4.69) is 20.5 Å². The van der Waals surface area contributed by atoms with Gasteiger partial charge >= 0.3 is 5.97 Å². The second kappa shape index (κ2) is 6.40. The summed E-state index contributed by atoms with van der Waals surface area (Å²) in [5.41, 5.74) is 0.459. The molecule has 0 aromatic carbocycles. The van der Waals surface area contributed by atoms with E-state index in [4.69, 9.17) is 5.11 Å². The van der Waals surface area contributed by atoms with E-state index >= 15 is 0 Å². The average molecular weight is 280 g/mol. The SMILES string of the molecule is CCc1nnc(NC(=O)CC(C)(C)C(=O)O)nc1CC. The van der Waals surface area contributed by atoms with Crippen LogP contribution in [0.3, 0.4) is 0 Å². The fraction of sp³-hybridized carbons (Fsp3) is 0.615. The van der Waals surface area contributed by atoms with E-state index in [9.17, 15) is 9.59 Å². The molecule has 7 heteroatoms. The molecule has 110 valence electrons. The van der Waals surface area contributed by atoms with Gasteiger partial charge in [0.1, 0.15) is 0 Å². The summed E-state index contributed by atoms with van der Waals surface area (Å²) in [6, 6.07) is 0. The van der Waals surface area contributed by atoms with Crippen molar-refractivity contribution < 1.29 is 14.7 Å². The zero-order valence-corrected chi connectivity index (χ0v) is 12.2. The second-order valence-electron chi connectivity index (χ2n) is 5.15. The van der Waals surface area contributed by atoms with Crippen molar-refractivity contribution in [3.63, 3.8) is 0 Å². The first kappa shape index (κ1) is 16.0. The topological polar surface area (TPSA) is 105 Å². The van der Waals surface area contributed by atoms with Gasteiger partial charge in [-0.25, -0.2) is 4.98 Å². The van der Waals surface area contributed by atoms with Gasteiger partial charge < -0.3 is 5.11 Å². The molecular weight excluding hydrogens is 260 g/mol. The molecule has 7 nitrogen and oxygen atoms in total. The fourth-order valence-electron chi connectivity index (χ4n) is 1.64. The van der Waals surface area contributed by atoms with Crippen LogP contribution in [0.5, 0.6) is 0 Å². The van der Waals surface area contributed by atoms with Crippen LogP contribution in [0, 0.1) is 5.41 Å². The molecule has 1 rings (SSSR count). The molecule has 0 unspecified atom stereocenters. The van der Waals surface area contributed by atoms with Gasteiger partial charge in [-0.15, -0.1) is 10.2 Å². The summed E-state index contributed by atoms with van der Waals surface area (Å²) in [5.74, 6) is -1.35. The number of aromatic nitrogens is 3. The number of carboxylic acids is 1. The largest absolute Gasteiger partial charge is 0.481 e. The number of anilines is 1. The van der Waals surface area contributed by atoms with Crippen molar-refractivity contribution in [1.82, 2.24) is 15.2 Å². The lowest BCUT2D eigenvalue weighted by atomic mass is 9.89. The molecule has 0 aliphatic rings. The van der Waals surface area contributed by atoms with Crippen molar-refractivity contribution in [1.29, 1.82) is 0 Å². The normalized spacial score (nSPS) is 11.2. The highest BCUT2D eigenvalue weighted by Gasteiger charge is 2.30. The number of rotatable bonds is 6. The van der Waals surface area contributed by atoms with Gasteiger partial charge in [0.05, 0.1) is 16.8 Å². The number of carboxylic acid groups (broad SMARTS) is 1. The lowest BCUT2D eigenvalue weighted by molar-refractivity contribution is -0.148. The van der Waals surface area contributed by atoms with Gasteiger partial charge in [0, 0.05) is 6.42 Å². The molecule has 1 heterocycles. The number of nitrogens with zero attached hydrogens (tertiary/aromatic N) is 3. The van der Waals surface area contributed by atoms with Gasteiger partial charge in [0.2, 0.25) is 11.9 Å². The van der Waals surface area contributed by atoms with Crippen LogP contribution in [-0.4, -0.2) is 32.2 Å². The quantitative estimate of drug-likeness (QED) is 0.816. The molecule has 1 aromatic rings. The van der Waals surface area contributed by atoms with Crippen LogP contribution < -0.4 is 5.32 Å². The van der Waals surface area contributed by atoms with E-state index in [-0.39, 0.29) is 12.4 Å². The maximum absolute atomic E-state index is 11.8. The third kappa shape index (κ3) is 3.97. The molecule has 1 aromatic heterocycles. The third-order valence-corrected chi connectivity index (χ3v) is 2.94. The van der Waals surface area contributed by atoms with Crippen molar-refractivity contribution >= 4 is 17.8 Å². The molecule has 0 radical (unpaired) electrons. The smallest absolute Gasteiger partial charge is 0.309 e. The first-order valence-electron chi connectivity index (χ1n) is 6.55. The number of aryl methyl sites for hydroxylation is 2. The van der Waals surface area contributed by atoms with E-state index in [0.717, 1.165) is 17.8 Å². The minimum Gasteiger partial charge on any atom is -0.481 e. The molecule has 0 bridgehead atoms. The Hall–Kier alpha value is -2.05. The van der Waals surface area contributed by atoms with Crippen molar-refractivity contribution in [3.8, 4) is 0 Å². The molecule has 20 heavy (non-hydrogen) atoms. The van der Waals surface area contributed by atoms with Gasteiger partial charge in [-0.05, 0) is 26.7 Å². The first-order chi connectivity index (χ1) is 9.30. The lowest BCUT2D eigenvalue weighted by Gasteiger charge is -2.17. The van der Waals surface area contributed by atoms with Gasteiger partial charge in [-0.1, -0.05) is 13.8 Å². The summed E-state index contributed by atoms with van der Waals surface area (Å²) in [5, 5.41) is 19.3. The molecule has 0 spiro atoms. The molecule has 2 N–H and O–H groups in total. The van der Waals surface area contributed by atoms with Gasteiger partial charge in [-0.2, -0.15) is 0 Å². The molecule has 0 saturated heterocycles. The minimum absolute atomic E-state index is 0.116. The summed E-state index contributed by atoms with van der Waals surface area (Å²) in [4.78, 5) is 27.0. The number of aliphatic carboxylic acids is 1. The summed E-state index contributed by atoms with van der Waals surface area (Å²) >= 11 is 0. The maximum Gasteiger partial charge on any atom is 0.309 e. The Kier molecular flexibility index (Phi) is 5.12. The molecule has 0 fully saturated rings. The van der Waals surface area contributed by atoms with Gasteiger partial charge in [0.15, 0.2) is 0 Å². The highest BCUT2D eigenvalue weighted by atomic mass is 16.4. The predicted molar refractivity (Wildman–Crippen MR) is 73.2 cm³/mol. The summed E-state index contributed by atoms with van der Waals surface area (Å²) < 4.78 is 0. The van der Waals surface area contributed by atoms with Crippen LogP contribution in [0.15, 0.2) is 0 Å².